The molecule has 244 valence electrons. The predicted octanol–water partition coefficient (Wildman–Crippen LogP) is 4.09. The Morgan fingerprint density at radius 3 is 2.40 bits per heavy atom. The summed E-state index contributed by atoms with van der Waals surface area (Å²) >= 11 is 8.03. The number of amides is 4. The third kappa shape index (κ3) is 7.19. The molecular weight excluding hydrogens is 614 g/mol. The normalized spacial score (nSPS) is 21.4. The van der Waals surface area contributed by atoms with Crippen molar-refractivity contribution in [3.63, 3.8) is 0 Å². The van der Waals surface area contributed by atoms with Crippen LogP contribution in [-0.4, -0.2) is 120 Å². The van der Waals surface area contributed by atoms with Gasteiger partial charge in [0.2, 0.25) is 0 Å². The molecule has 4 amide bonds. The number of nitrogens with one attached hydrogen (secondary N) is 1. The number of piperidine rings is 2. The third-order valence-electron chi connectivity index (χ3n) is 9.89. The average molecular weight is 658 g/mol. The zero-order valence-electron chi connectivity index (χ0n) is 26.2. The maximum Gasteiger partial charge on any atom is 0.410 e. The first-order valence-corrected chi connectivity index (χ1v) is 17.3. The van der Waals surface area contributed by atoms with E-state index >= 15 is 0 Å². The van der Waals surface area contributed by atoms with Crippen molar-refractivity contribution in [2.24, 2.45) is 0 Å². The molecule has 3 fully saturated rings. The second-order valence-electron chi connectivity index (χ2n) is 12.8. The van der Waals surface area contributed by atoms with Gasteiger partial charge in [-0.1, -0.05) is 17.7 Å². The van der Waals surface area contributed by atoms with Crippen LogP contribution >= 0.6 is 22.9 Å². The van der Waals surface area contributed by atoms with Crippen molar-refractivity contribution >= 4 is 52.3 Å². The molecule has 1 atom stereocenters. The van der Waals surface area contributed by atoms with E-state index in [1.165, 1.54) is 0 Å². The van der Waals surface area contributed by atoms with Gasteiger partial charge in [0.05, 0.1) is 22.9 Å². The first-order valence-electron chi connectivity index (χ1n) is 16.0. The number of likely N-dealkylation sites (tertiary alicyclic amines) is 2. The zero-order chi connectivity index (χ0) is 31.7. The molecule has 5 heterocycles. The van der Waals surface area contributed by atoms with Crippen LogP contribution in [0.3, 0.4) is 0 Å². The molecule has 0 saturated carbocycles. The summed E-state index contributed by atoms with van der Waals surface area (Å²) in [5.41, 5.74) is 9.09. The number of carbonyl (C=O) groups is 3. The molecule has 11 nitrogen and oxygen atoms in total. The van der Waals surface area contributed by atoms with Crippen molar-refractivity contribution in [3.8, 4) is 0 Å². The predicted molar refractivity (Wildman–Crippen MR) is 177 cm³/mol. The number of piperazine rings is 1. The quantitative estimate of drug-likeness (QED) is 0.450. The number of thiophene rings is 1. The van der Waals surface area contributed by atoms with Crippen LogP contribution in [0.4, 0.5) is 21.0 Å². The Morgan fingerprint density at radius 1 is 1.02 bits per heavy atom. The fourth-order valence-corrected chi connectivity index (χ4v) is 8.17. The highest BCUT2D eigenvalue weighted by atomic mass is 35.5. The van der Waals surface area contributed by atoms with Crippen molar-refractivity contribution < 1.29 is 19.1 Å². The van der Waals surface area contributed by atoms with E-state index in [2.05, 4.69) is 22.2 Å². The molecular formula is C32H44ClN7O4S. The van der Waals surface area contributed by atoms with Gasteiger partial charge in [-0.25, -0.2) is 9.59 Å². The smallest absolute Gasteiger partial charge is 0.410 e. The lowest BCUT2D eigenvalue weighted by molar-refractivity contribution is -0.143. The molecule has 3 saturated heterocycles. The van der Waals surface area contributed by atoms with Gasteiger partial charge in [0.15, 0.2) is 6.10 Å². The Kier molecular flexibility index (Phi) is 9.74. The number of rotatable bonds is 6. The molecule has 13 heteroatoms. The molecule has 0 spiro atoms. The number of fused-ring (bicyclic) bond motifs is 1. The van der Waals surface area contributed by atoms with Crippen LogP contribution in [0.5, 0.6) is 0 Å². The fourth-order valence-electron chi connectivity index (χ4n) is 7.05. The fraction of sp³-hybridized carbons (Fsp3) is 0.594. The molecule has 0 aliphatic carbocycles. The monoisotopic (exact) mass is 657 g/mol. The number of benzene rings is 1. The number of nitrogens with two attached hydrogens (primary N) is 1. The van der Waals surface area contributed by atoms with E-state index in [0.717, 1.165) is 60.7 Å². The van der Waals surface area contributed by atoms with Crippen LogP contribution in [0.2, 0.25) is 5.02 Å². The maximum atomic E-state index is 14.0. The highest BCUT2D eigenvalue weighted by Gasteiger charge is 2.37. The van der Waals surface area contributed by atoms with Crippen molar-refractivity contribution in [2.75, 3.05) is 70.5 Å². The second kappa shape index (κ2) is 13.7. The summed E-state index contributed by atoms with van der Waals surface area (Å²) in [5.74, 6) is -0.177. The number of urea groups is 1. The molecule has 4 aliphatic rings. The molecule has 0 bridgehead atoms. The minimum absolute atomic E-state index is 0.0301. The van der Waals surface area contributed by atoms with Gasteiger partial charge < -0.3 is 35.4 Å². The van der Waals surface area contributed by atoms with Gasteiger partial charge in [-0.3, -0.25) is 9.69 Å². The van der Waals surface area contributed by atoms with Crippen LogP contribution in [0.1, 0.15) is 41.7 Å². The van der Waals surface area contributed by atoms with Crippen LogP contribution in [0.25, 0.3) is 0 Å². The van der Waals surface area contributed by atoms with E-state index in [0.29, 0.717) is 62.3 Å². The third-order valence-corrected chi connectivity index (χ3v) is 11.1. The van der Waals surface area contributed by atoms with Crippen LogP contribution in [0.15, 0.2) is 23.6 Å². The molecule has 3 N–H and O–H groups in total. The molecule has 1 aromatic heterocycles. The van der Waals surface area contributed by atoms with Crippen LogP contribution < -0.4 is 11.1 Å². The van der Waals surface area contributed by atoms with E-state index in [-0.39, 0.29) is 24.4 Å². The first-order chi connectivity index (χ1) is 21.7. The van der Waals surface area contributed by atoms with E-state index in [1.54, 1.807) is 22.3 Å². The van der Waals surface area contributed by atoms with Crippen molar-refractivity contribution in [1.82, 2.24) is 24.5 Å². The number of nitrogens with zero attached hydrogens (tertiary/aromatic N) is 5. The molecule has 6 rings (SSSR count). The van der Waals surface area contributed by atoms with Gasteiger partial charge >= 0.3 is 12.1 Å². The van der Waals surface area contributed by atoms with Crippen molar-refractivity contribution in [3.05, 3.63) is 44.6 Å². The SMILES string of the molecule is Cc1cc(C[C@@H](OC(=O)N2CCC(N3Cc4sccc4NC3=O)CC2)C(=O)N2CCN(C3CCN(C)CC3)CC2)cc(Cl)c1N. The van der Waals surface area contributed by atoms with Crippen molar-refractivity contribution in [2.45, 2.75) is 63.8 Å². The number of hydrogen-bond donors (Lipinski definition) is 2. The lowest BCUT2D eigenvalue weighted by Crippen LogP contribution is -2.56. The number of nitrogen functional groups attached to an aromatic ring is 1. The van der Waals surface area contributed by atoms with Gasteiger partial charge in [-0.05, 0) is 81.4 Å². The average Bonchev–Trinajstić information content (AvgIpc) is 3.50. The van der Waals surface area contributed by atoms with E-state index in [9.17, 15) is 14.4 Å². The Labute approximate surface area is 274 Å². The van der Waals surface area contributed by atoms with Gasteiger partial charge in [-0.15, -0.1) is 11.3 Å². The summed E-state index contributed by atoms with van der Waals surface area (Å²) in [7, 11) is 2.17. The molecule has 1 aromatic carbocycles. The molecule has 45 heavy (non-hydrogen) atoms. The Morgan fingerprint density at radius 2 is 1.71 bits per heavy atom. The summed E-state index contributed by atoms with van der Waals surface area (Å²) < 4.78 is 6.02. The maximum absolute atomic E-state index is 14.0. The lowest BCUT2D eigenvalue weighted by atomic mass is 10.0. The number of carbonyl (C=O) groups excluding carboxylic acids is 3. The highest BCUT2D eigenvalue weighted by molar-refractivity contribution is 7.10. The number of aryl methyl sites for hydroxylation is 1. The topological polar surface area (TPSA) is 115 Å². The standard InChI is InChI=1S/C32H44ClN7O4S/c1-21-17-22(18-25(33)29(21)34)19-27(30(41)38-14-12-37(13-15-38)23-3-8-36(2)9-4-23)44-32(43)39-10-5-24(6-11-39)40-20-28-26(7-16-45-28)35-31(40)42/h7,16-18,23-24,27H,3-6,8-15,19-20,34H2,1-2H3,(H,35,42)/t27-/m1/s1. The summed E-state index contributed by atoms with van der Waals surface area (Å²) in [5, 5.41) is 5.39. The molecule has 4 aliphatic heterocycles. The minimum Gasteiger partial charge on any atom is -0.436 e. The lowest BCUT2D eigenvalue weighted by Gasteiger charge is -2.43. The van der Waals surface area contributed by atoms with Gasteiger partial charge in [0.1, 0.15) is 0 Å². The van der Waals surface area contributed by atoms with Crippen LogP contribution in [0, 0.1) is 6.92 Å². The zero-order valence-corrected chi connectivity index (χ0v) is 27.7. The van der Waals surface area contributed by atoms with E-state index in [1.807, 2.05) is 34.2 Å². The number of halogens is 1. The largest absolute Gasteiger partial charge is 0.436 e. The summed E-state index contributed by atoms with van der Waals surface area (Å²) in [4.78, 5) is 51.6. The number of ether oxygens (including phenoxy) is 1. The van der Waals surface area contributed by atoms with Crippen LogP contribution in [-0.2, 0) is 22.5 Å². The van der Waals surface area contributed by atoms with Crippen molar-refractivity contribution in [1.29, 1.82) is 0 Å². The molecule has 0 radical (unpaired) electrons. The number of hydrogen-bond acceptors (Lipinski definition) is 8. The molecule has 0 unspecified atom stereocenters. The minimum atomic E-state index is -0.977. The summed E-state index contributed by atoms with van der Waals surface area (Å²) in [6.45, 7) is 8.41. The number of anilines is 2. The summed E-state index contributed by atoms with van der Waals surface area (Å²) in [6.07, 6.45) is 2.33. The highest BCUT2D eigenvalue weighted by Crippen LogP contribution is 2.32. The van der Waals surface area contributed by atoms with E-state index < -0.39 is 12.2 Å². The van der Waals surface area contributed by atoms with Gasteiger partial charge in [-0.2, -0.15) is 0 Å². The second-order valence-corrected chi connectivity index (χ2v) is 14.2. The summed E-state index contributed by atoms with van der Waals surface area (Å²) in [6, 6.07) is 6.08. The first kappa shape index (κ1) is 31.9. The Bertz CT molecular complexity index is 1370. The molecule has 2 aromatic rings. The Balaban J connectivity index is 1.09. The van der Waals surface area contributed by atoms with Gasteiger partial charge in [0, 0.05) is 62.7 Å². The Hall–Kier alpha value is -3.06. The van der Waals surface area contributed by atoms with Gasteiger partial charge in [0.25, 0.3) is 5.91 Å². The van der Waals surface area contributed by atoms with E-state index in [4.69, 9.17) is 22.1 Å².